The van der Waals surface area contributed by atoms with E-state index in [0.717, 1.165) is 25.9 Å². The number of aliphatic imine (C=N–C) groups is 1. The van der Waals surface area contributed by atoms with Crippen molar-refractivity contribution < 1.29 is 4.79 Å². The van der Waals surface area contributed by atoms with E-state index in [-0.39, 0.29) is 11.9 Å². The summed E-state index contributed by atoms with van der Waals surface area (Å²) in [5.41, 5.74) is 2.03. The van der Waals surface area contributed by atoms with Gasteiger partial charge in [0, 0.05) is 37.8 Å². The second-order valence-corrected chi connectivity index (χ2v) is 10.0. The Morgan fingerprint density at radius 3 is 2.45 bits per heavy atom. The van der Waals surface area contributed by atoms with Gasteiger partial charge in [-0.25, -0.2) is 0 Å². The van der Waals surface area contributed by atoms with Gasteiger partial charge in [-0.15, -0.1) is 0 Å². The van der Waals surface area contributed by atoms with Crippen LogP contribution in [0.25, 0.3) is 0 Å². The van der Waals surface area contributed by atoms with Crippen molar-refractivity contribution in [2.75, 3.05) is 13.1 Å². The van der Waals surface area contributed by atoms with Gasteiger partial charge in [-0.3, -0.25) is 14.7 Å². The number of likely N-dealkylation sites (tertiary alicyclic amines) is 1. The highest BCUT2D eigenvalue weighted by Crippen LogP contribution is 2.54. The second-order valence-electron chi connectivity index (χ2n) is 10.0. The molecule has 1 saturated carbocycles. The topological polar surface area (TPSA) is 44.7 Å². The molecule has 1 amide bonds. The van der Waals surface area contributed by atoms with Crippen molar-refractivity contribution in [3.8, 4) is 0 Å². The highest BCUT2D eigenvalue weighted by molar-refractivity contribution is 5.92. The minimum absolute atomic E-state index is 0.138. The lowest BCUT2D eigenvalue weighted by molar-refractivity contribution is -0.132. The van der Waals surface area contributed by atoms with E-state index in [1.807, 2.05) is 0 Å². The first-order chi connectivity index (χ1) is 15.1. The average molecular weight is 416 g/mol. The van der Waals surface area contributed by atoms with Crippen molar-refractivity contribution in [3.05, 3.63) is 71.8 Å². The summed E-state index contributed by atoms with van der Waals surface area (Å²) in [5, 5.41) is 3.26. The molecule has 1 aliphatic carbocycles. The van der Waals surface area contributed by atoms with Gasteiger partial charge in [0.1, 0.15) is 0 Å². The molecule has 5 atom stereocenters. The van der Waals surface area contributed by atoms with Gasteiger partial charge in [0.05, 0.1) is 0 Å². The van der Waals surface area contributed by atoms with Crippen LogP contribution in [0.3, 0.4) is 0 Å². The van der Waals surface area contributed by atoms with Gasteiger partial charge in [0.2, 0.25) is 5.91 Å². The van der Waals surface area contributed by atoms with Crippen LogP contribution in [0.1, 0.15) is 31.4 Å². The number of benzene rings is 2. The Morgan fingerprint density at radius 2 is 1.77 bits per heavy atom. The Balaban J connectivity index is 1.50. The standard InChI is InChI=1S/C27H33N3O/c1-19(2)15-28-26(31)27-23-14-22(16-29-27)24(13-20-9-5-3-6-10-20)25(27)30(18-23)17-21-11-7-4-8-12-21/h3-12,16,19,22-25H,13-15,17-18H2,1-2H3,(H,28,31). The van der Waals surface area contributed by atoms with E-state index in [2.05, 4.69) is 90.9 Å². The Hall–Kier alpha value is -2.46. The van der Waals surface area contributed by atoms with Gasteiger partial charge >= 0.3 is 0 Å². The Labute approximate surface area is 185 Å². The van der Waals surface area contributed by atoms with Gasteiger partial charge in [-0.1, -0.05) is 74.5 Å². The third-order valence-electron chi connectivity index (χ3n) is 7.49. The minimum atomic E-state index is -0.641. The Bertz CT molecular complexity index is 941. The van der Waals surface area contributed by atoms with Crippen molar-refractivity contribution >= 4 is 12.1 Å². The van der Waals surface area contributed by atoms with Crippen LogP contribution in [0.2, 0.25) is 0 Å². The summed E-state index contributed by atoms with van der Waals surface area (Å²) in [6.07, 6.45) is 4.19. The summed E-state index contributed by atoms with van der Waals surface area (Å²) in [6.45, 7) is 6.84. The monoisotopic (exact) mass is 415 g/mol. The van der Waals surface area contributed by atoms with Gasteiger partial charge in [-0.05, 0) is 41.7 Å². The van der Waals surface area contributed by atoms with Crippen LogP contribution in [0.15, 0.2) is 65.7 Å². The number of hydrogen-bond acceptors (Lipinski definition) is 3. The molecule has 4 nitrogen and oxygen atoms in total. The zero-order valence-electron chi connectivity index (χ0n) is 18.6. The van der Waals surface area contributed by atoms with Crippen LogP contribution in [-0.4, -0.2) is 41.7 Å². The molecular weight excluding hydrogens is 382 g/mol. The molecule has 4 bridgehead atoms. The van der Waals surface area contributed by atoms with E-state index in [9.17, 15) is 4.79 Å². The van der Waals surface area contributed by atoms with Crippen LogP contribution in [0, 0.1) is 23.7 Å². The van der Waals surface area contributed by atoms with E-state index in [4.69, 9.17) is 4.99 Å². The van der Waals surface area contributed by atoms with Crippen molar-refractivity contribution in [3.63, 3.8) is 0 Å². The zero-order chi connectivity index (χ0) is 21.4. The summed E-state index contributed by atoms with van der Waals surface area (Å²) >= 11 is 0. The molecule has 0 aromatic heterocycles. The van der Waals surface area contributed by atoms with E-state index in [1.165, 1.54) is 11.1 Å². The van der Waals surface area contributed by atoms with Gasteiger partial charge < -0.3 is 5.32 Å². The number of rotatable bonds is 7. The van der Waals surface area contributed by atoms with Crippen LogP contribution >= 0.6 is 0 Å². The molecule has 2 aromatic rings. The molecule has 1 N–H and O–H groups in total. The fourth-order valence-electron chi connectivity index (χ4n) is 6.16. The number of amides is 1. The van der Waals surface area contributed by atoms with Crippen LogP contribution < -0.4 is 5.32 Å². The van der Waals surface area contributed by atoms with Crippen LogP contribution in [0.5, 0.6) is 0 Å². The molecule has 4 aliphatic rings. The zero-order valence-corrected chi connectivity index (χ0v) is 18.6. The molecule has 3 heterocycles. The molecule has 4 heteroatoms. The van der Waals surface area contributed by atoms with Gasteiger partial charge in [0.25, 0.3) is 0 Å². The number of nitrogens with zero attached hydrogens (tertiary/aromatic N) is 2. The highest BCUT2D eigenvalue weighted by Gasteiger charge is 2.67. The van der Waals surface area contributed by atoms with E-state index in [1.54, 1.807) is 0 Å². The first kappa shape index (κ1) is 20.4. The lowest BCUT2D eigenvalue weighted by Crippen LogP contribution is -2.66. The third kappa shape index (κ3) is 3.61. The summed E-state index contributed by atoms with van der Waals surface area (Å²) in [6, 6.07) is 21.6. The first-order valence-corrected chi connectivity index (χ1v) is 11.7. The molecule has 5 unspecified atom stereocenters. The Morgan fingerprint density at radius 1 is 1.10 bits per heavy atom. The average Bonchev–Trinajstić information content (AvgIpc) is 3.04. The summed E-state index contributed by atoms with van der Waals surface area (Å²) in [7, 11) is 0. The van der Waals surface area contributed by atoms with Crippen LogP contribution in [0.4, 0.5) is 0 Å². The molecule has 0 radical (unpaired) electrons. The molecule has 6 rings (SSSR count). The predicted octanol–water partition coefficient (Wildman–Crippen LogP) is 3.96. The molecule has 3 aliphatic heterocycles. The number of carbonyl (C=O) groups excluding carboxylic acids is 1. The summed E-state index contributed by atoms with van der Waals surface area (Å²) < 4.78 is 0. The third-order valence-corrected chi connectivity index (χ3v) is 7.49. The lowest BCUT2D eigenvalue weighted by atomic mass is 9.59. The minimum Gasteiger partial charge on any atom is -0.354 e. The van der Waals surface area contributed by atoms with E-state index < -0.39 is 5.54 Å². The van der Waals surface area contributed by atoms with Gasteiger partial charge in [-0.2, -0.15) is 0 Å². The Kier molecular flexibility index (Phi) is 5.43. The normalized spacial score (nSPS) is 31.3. The van der Waals surface area contributed by atoms with Crippen molar-refractivity contribution in [2.24, 2.45) is 28.7 Å². The molecule has 2 fully saturated rings. The smallest absolute Gasteiger partial charge is 0.249 e. The molecule has 2 aromatic carbocycles. The maximum atomic E-state index is 13.7. The quantitative estimate of drug-likeness (QED) is 0.744. The van der Waals surface area contributed by atoms with Crippen molar-refractivity contribution in [1.82, 2.24) is 10.2 Å². The first-order valence-electron chi connectivity index (χ1n) is 11.7. The van der Waals surface area contributed by atoms with Crippen LogP contribution in [-0.2, 0) is 17.8 Å². The largest absolute Gasteiger partial charge is 0.354 e. The summed E-state index contributed by atoms with van der Waals surface area (Å²) in [5.74, 6) is 1.74. The number of nitrogens with one attached hydrogen (secondary N) is 1. The second kappa shape index (κ2) is 8.23. The van der Waals surface area contributed by atoms with Gasteiger partial charge in [0.15, 0.2) is 5.54 Å². The van der Waals surface area contributed by atoms with E-state index >= 15 is 0 Å². The fraction of sp³-hybridized carbons (Fsp3) is 0.481. The molecule has 162 valence electrons. The molecule has 1 saturated heterocycles. The fourth-order valence-corrected chi connectivity index (χ4v) is 6.16. The van der Waals surface area contributed by atoms with Crippen molar-refractivity contribution in [2.45, 2.75) is 44.8 Å². The SMILES string of the molecule is CC(C)CNC(=O)C12N=CC3CC1CN(Cc1ccccc1)C2C3Cc1ccccc1. The lowest BCUT2D eigenvalue weighted by Gasteiger charge is -2.51. The van der Waals surface area contributed by atoms with E-state index in [0.29, 0.717) is 30.2 Å². The van der Waals surface area contributed by atoms with Crippen molar-refractivity contribution in [1.29, 1.82) is 0 Å². The molecular formula is C27H33N3O. The number of hydrogen-bond donors (Lipinski definition) is 1. The molecule has 31 heavy (non-hydrogen) atoms. The maximum absolute atomic E-state index is 13.7. The molecule has 0 spiro atoms. The number of carbonyl (C=O) groups is 1. The predicted molar refractivity (Wildman–Crippen MR) is 125 cm³/mol. The maximum Gasteiger partial charge on any atom is 0.249 e. The highest BCUT2D eigenvalue weighted by atomic mass is 16.2. The summed E-state index contributed by atoms with van der Waals surface area (Å²) in [4.78, 5) is 21.3.